The molecule has 1 aromatic carbocycles. The minimum atomic E-state index is -2.34. The lowest BCUT2D eigenvalue weighted by atomic mass is 9.98. The van der Waals surface area contributed by atoms with Gasteiger partial charge in [0.15, 0.2) is 17.6 Å². The van der Waals surface area contributed by atoms with Gasteiger partial charge in [-0.1, -0.05) is 0 Å². The van der Waals surface area contributed by atoms with Gasteiger partial charge in [-0.3, -0.25) is 9.59 Å². The minimum absolute atomic E-state index is 0.194. The Labute approximate surface area is 86.9 Å². The van der Waals surface area contributed by atoms with Gasteiger partial charge in [0.05, 0.1) is 0 Å². The van der Waals surface area contributed by atoms with Gasteiger partial charge in [0.2, 0.25) is 0 Å². The Kier molecular flexibility index (Phi) is 3.17. The Morgan fingerprint density at radius 1 is 1.06 bits per heavy atom. The lowest BCUT2D eigenvalue weighted by molar-refractivity contribution is -0.150. The number of rotatable bonds is 3. The van der Waals surface area contributed by atoms with E-state index in [2.05, 4.69) is 0 Å². The first-order chi connectivity index (χ1) is 7.34. The predicted octanol–water partition coefficient (Wildman–Crippen LogP) is 1.36. The Morgan fingerprint density at radius 2 is 1.56 bits per heavy atom. The zero-order valence-corrected chi connectivity index (χ0v) is 7.58. The molecule has 1 rings (SSSR count). The molecule has 16 heavy (non-hydrogen) atoms. The molecule has 7 heteroatoms. The first kappa shape index (κ1) is 12.0. The zero-order valence-electron chi connectivity index (χ0n) is 7.58. The molecule has 0 atom stereocenters. The molecule has 0 amide bonds. The van der Waals surface area contributed by atoms with Crippen molar-refractivity contribution in [3.05, 3.63) is 35.1 Å². The molecule has 0 aromatic heterocycles. The number of carbonyl (C=O) groups is 2. The van der Waals surface area contributed by atoms with Gasteiger partial charge < -0.3 is 10.2 Å². The lowest BCUT2D eigenvalue weighted by Crippen LogP contribution is -2.22. The van der Waals surface area contributed by atoms with Crippen LogP contribution in [-0.4, -0.2) is 22.2 Å². The highest BCUT2D eigenvalue weighted by Crippen LogP contribution is 2.23. The molecule has 0 bridgehead atoms. The molecule has 0 unspecified atom stereocenters. The molecule has 0 spiro atoms. The summed E-state index contributed by atoms with van der Waals surface area (Å²) < 4.78 is 38.5. The standard InChI is InChI=1S/C9H5F3O4/c10-3-1-4(7(12)5(11)2-3)6(8(13)14)9(15)16/h1-2,6H,(H,13,14)(H,15,16). The van der Waals surface area contributed by atoms with E-state index in [0.717, 1.165) is 0 Å². The van der Waals surface area contributed by atoms with Crippen LogP contribution in [0.3, 0.4) is 0 Å². The molecule has 86 valence electrons. The molecule has 0 fully saturated rings. The van der Waals surface area contributed by atoms with Crippen molar-refractivity contribution < 1.29 is 33.0 Å². The molecule has 0 radical (unpaired) electrons. The third-order valence-corrected chi connectivity index (χ3v) is 1.83. The fraction of sp³-hybridized carbons (Fsp3) is 0.111. The molecule has 4 nitrogen and oxygen atoms in total. The Balaban J connectivity index is 3.40. The van der Waals surface area contributed by atoms with E-state index in [9.17, 15) is 22.8 Å². The van der Waals surface area contributed by atoms with E-state index < -0.39 is 40.9 Å². The first-order valence-electron chi connectivity index (χ1n) is 3.94. The van der Waals surface area contributed by atoms with E-state index in [4.69, 9.17) is 10.2 Å². The molecule has 0 saturated heterocycles. The molecule has 2 N–H and O–H groups in total. The van der Waals surface area contributed by atoms with Crippen molar-refractivity contribution in [2.24, 2.45) is 0 Å². The molecule has 1 aromatic rings. The highest BCUT2D eigenvalue weighted by atomic mass is 19.2. The van der Waals surface area contributed by atoms with Gasteiger partial charge in [-0.25, -0.2) is 13.2 Å². The second-order valence-corrected chi connectivity index (χ2v) is 2.90. The highest BCUT2D eigenvalue weighted by molar-refractivity contribution is 5.99. The van der Waals surface area contributed by atoms with Gasteiger partial charge in [0, 0.05) is 11.6 Å². The third kappa shape index (κ3) is 2.13. The van der Waals surface area contributed by atoms with Crippen LogP contribution < -0.4 is 0 Å². The van der Waals surface area contributed by atoms with E-state index in [1.54, 1.807) is 0 Å². The van der Waals surface area contributed by atoms with Crippen molar-refractivity contribution in [2.75, 3.05) is 0 Å². The number of aliphatic carboxylic acids is 2. The summed E-state index contributed by atoms with van der Waals surface area (Å²) in [6.07, 6.45) is 0. The summed E-state index contributed by atoms with van der Waals surface area (Å²) in [6.45, 7) is 0. The normalized spacial score (nSPS) is 10.5. The summed E-state index contributed by atoms with van der Waals surface area (Å²) in [4.78, 5) is 21.0. The number of carboxylic acid groups (broad SMARTS) is 2. The van der Waals surface area contributed by atoms with Gasteiger partial charge in [-0.05, 0) is 6.07 Å². The highest BCUT2D eigenvalue weighted by Gasteiger charge is 2.32. The van der Waals surface area contributed by atoms with Gasteiger partial charge in [0.25, 0.3) is 0 Å². The second-order valence-electron chi connectivity index (χ2n) is 2.90. The summed E-state index contributed by atoms with van der Waals surface area (Å²) in [6, 6.07) is 0.533. The zero-order chi connectivity index (χ0) is 12.5. The molecular weight excluding hydrogens is 229 g/mol. The van der Waals surface area contributed by atoms with Gasteiger partial charge in [-0.2, -0.15) is 0 Å². The van der Waals surface area contributed by atoms with E-state index in [1.165, 1.54) is 0 Å². The van der Waals surface area contributed by atoms with Crippen LogP contribution >= 0.6 is 0 Å². The fourth-order valence-electron chi connectivity index (χ4n) is 1.16. The minimum Gasteiger partial charge on any atom is -0.480 e. The average Bonchev–Trinajstić information content (AvgIpc) is 2.12. The Morgan fingerprint density at radius 3 is 2.00 bits per heavy atom. The Bertz CT molecular complexity index is 444. The van der Waals surface area contributed by atoms with Crippen molar-refractivity contribution in [1.29, 1.82) is 0 Å². The topological polar surface area (TPSA) is 74.6 Å². The molecule has 0 aliphatic rings. The van der Waals surface area contributed by atoms with Crippen molar-refractivity contribution in [3.63, 3.8) is 0 Å². The van der Waals surface area contributed by atoms with Crippen LogP contribution in [-0.2, 0) is 9.59 Å². The number of hydrogen-bond acceptors (Lipinski definition) is 2. The number of benzene rings is 1. The SMILES string of the molecule is O=C(O)C(C(=O)O)c1cc(F)cc(F)c1F. The number of halogens is 3. The van der Waals surface area contributed by atoms with Crippen LogP contribution in [0.15, 0.2) is 12.1 Å². The predicted molar refractivity (Wildman–Crippen MR) is 44.3 cm³/mol. The van der Waals surface area contributed by atoms with Crippen LogP contribution in [0.4, 0.5) is 13.2 Å². The third-order valence-electron chi connectivity index (χ3n) is 1.83. The number of hydrogen-bond donors (Lipinski definition) is 2. The summed E-state index contributed by atoms with van der Waals surface area (Å²) in [7, 11) is 0. The maximum Gasteiger partial charge on any atom is 0.322 e. The molecular formula is C9H5F3O4. The number of carboxylic acids is 2. The quantitative estimate of drug-likeness (QED) is 0.611. The van der Waals surface area contributed by atoms with E-state index >= 15 is 0 Å². The fourth-order valence-corrected chi connectivity index (χ4v) is 1.16. The smallest absolute Gasteiger partial charge is 0.322 e. The maximum atomic E-state index is 13.1. The van der Waals surface area contributed by atoms with E-state index in [-0.39, 0.29) is 6.07 Å². The summed E-state index contributed by atoms with van der Waals surface area (Å²) in [5.74, 6) is -10.7. The van der Waals surface area contributed by atoms with Crippen LogP contribution in [0, 0.1) is 17.5 Å². The van der Waals surface area contributed by atoms with Gasteiger partial charge in [0.1, 0.15) is 5.82 Å². The van der Waals surface area contributed by atoms with Crippen LogP contribution in [0.5, 0.6) is 0 Å². The Hall–Kier alpha value is -2.05. The van der Waals surface area contributed by atoms with Crippen LogP contribution in [0.2, 0.25) is 0 Å². The molecule has 0 heterocycles. The maximum absolute atomic E-state index is 13.1. The molecule has 0 aliphatic carbocycles. The van der Waals surface area contributed by atoms with Crippen molar-refractivity contribution >= 4 is 11.9 Å². The van der Waals surface area contributed by atoms with E-state index in [0.29, 0.717) is 6.07 Å². The van der Waals surface area contributed by atoms with Crippen molar-refractivity contribution in [3.8, 4) is 0 Å². The van der Waals surface area contributed by atoms with Gasteiger partial charge >= 0.3 is 11.9 Å². The summed E-state index contributed by atoms with van der Waals surface area (Å²) in [5.41, 5.74) is -1.06. The first-order valence-corrected chi connectivity index (χ1v) is 3.94. The lowest BCUT2D eigenvalue weighted by Gasteiger charge is -2.09. The van der Waals surface area contributed by atoms with Crippen LogP contribution in [0.25, 0.3) is 0 Å². The summed E-state index contributed by atoms with van der Waals surface area (Å²) >= 11 is 0. The van der Waals surface area contributed by atoms with E-state index in [1.807, 2.05) is 0 Å². The largest absolute Gasteiger partial charge is 0.480 e. The average molecular weight is 234 g/mol. The molecule has 0 aliphatic heterocycles. The van der Waals surface area contributed by atoms with Crippen molar-refractivity contribution in [1.82, 2.24) is 0 Å². The summed E-state index contributed by atoms with van der Waals surface area (Å²) in [5, 5.41) is 17.0. The molecule has 0 saturated carbocycles. The monoisotopic (exact) mass is 234 g/mol. The van der Waals surface area contributed by atoms with Gasteiger partial charge in [-0.15, -0.1) is 0 Å². The van der Waals surface area contributed by atoms with Crippen LogP contribution in [0.1, 0.15) is 11.5 Å². The van der Waals surface area contributed by atoms with Crippen molar-refractivity contribution in [2.45, 2.75) is 5.92 Å². The second kappa shape index (κ2) is 4.21.